The lowest BCUT2D eigenvalue weighted by Crippen LogP contribution is -2.42. The normalized spacial score (nSPS) is 24.2. The smallest absolute Gasteiger partial charge is 0.227 e. The van der Waals surface area contributed by atoms with Crippen LogP contribution >= 0.6 is 11.8 Å². The molecule has 1 aromatic carbocycles. The topological polar surface area (TPSA) is 59.8 Å². The summed E-state index contributed by atoms with van der Waals surface area (Å²) in [7, 11) is 0. The Balaban J connectivity index is 1.90. The molecular formula is C18H19FN4OS. The fourth-order valence-corrected chi connectivity index (χ4v) is 4.03. The molecule has 0 fully saturated rings. The van der Waals surface area contributed by atoms with E-state index in [2.05, 4.69) is 35.3 Å². The van der Waals surface area contributed by atoms with E-state index in [1.54, 1.807) is 16.8 Å². The minimum Gasteiger partial charge on any atom is -0.328 e. The lowest BCUT2D eigenvalue weighted by molar-refractivity contribution is -0.125. The molecule has 25 heavy (non-hydrogen) atoms. The molecule has 7 heteroatoms. The molecule has 1 aliphatic carbocycles. The number of carbonyl (C=O) groups excluding carboxylic acids is 1. The number of aromatic nitrogens is 3. The number of thioether (sulfide) groups is 1. The highest BCUT2D eigenvalue weighted by atomic mass is 32.2. The number of Topliss-reactive ketones (excluding diaryl/α,β-unsaturated/α-hetero) is 1. The average Bonchev–Trinajstić information content (AvgIpc) is 2.95. The fourth-order valence-electron chi connectivity index (χ4n) is 3.69. The maximum absolute atomic E-state index is 13.4. The van der Waals surface area contributed by atoms with Crippen LogP contribution in [-0.4, -0.2) is 26.8 Å². The van der Waals surface area contributed by atoms with E-state index in [0.29, 0.717) is 17.5 Å². The number of hydrogen-bond donors (Lipinski definition) is 1. The van der Waals surface area contributed by atoms with Crippen molar-refractivity contribution in [2.75, 3.05) is 11.6 Å². The van der Waals surface area contributed by atoms with Gasteiger partial charge in [0, 0.05) is 12.1 Å². The second-order valence-corrected chi connectivity index (χ2v) is 7.97. The molecule has 1 aromatic heterocycles. The summed E-state index contributed by atoms with van der Waals surface area (Å²) in [6.45, 7) is 4.10. The zero-order valence-corrected chi connectivity index (χ0v) is 15.1. The van der Waals surface area contributed by atoms with E-state index in [1.807, 2.05) is 6.26 Å². The number of benzene rings is 1. The first-order chi connectivity index (χ1) is 11.9. The summed E-state index contributed by atoms with van der Waals surface area (Å²) < 4.78 is 15.2. The van der Waals surface area contributed by atoms with Gasteiger partial charge in [-0.2, -0.15) is 4.98 Å². The van der Waals surface area contributed by atoms with E-state index in [-0.39, 0.29) is 29.0 Å². The number of carbonyl (C=O) groups is 1. The quantitative estimate of drug-likeness (QED) is 0.831. The van der Waals surface area contributed by atoms with E-state index >= 15 is 0 Å². The van der Waals surface area contributed by atoms with Gasteiger partial charge in [0.15, 0.2) is 0 Å². The highest BCUT2D eigenvalue weighted by Gasteiger charge is 2.45. The summed E-state index contributed by atoms with van der Waals surface area (Å²) in [5.74, 6) is 0.124. The number of fused-ring (bicyclic) bond motifs is 2. The summed E-state index contributed by atoms with van der Waals surface area (Å²) >= 11 is 1.45. The van der Waals surface area contributed by atoms with Gasteiger partial charge in [-0.05, 0) is 29.4 Å². The monoisotopic (exact) mass is 358 g/mol. The molecule has 0 unspecified atom stereocenters. The summed E-state index contributed by atoms with van der Waals surface area (Å²) in [5.41, 5.74) is 1.52. The zero-order chi connectivity index (χ0) is 17.8. The van der Waals surface area contributed by atoms with Gasteiger partial charge in [0.1, 0.15) is 11.6 Å². The van der Waals surface area contributed by atoms with Gasteiger partial charge >= 0.3 is 0 Å². The molecule has 2 aromatic rings. The Morgan fingerprint density at radius 1 is 1.32 bits per heavy atom. The van der Waals surface area contributed by atoms with Gasteiger partial charge in [0.05, 0.1) is 12.0 Å². The maximum Gasteiger partial charge on any atom is 0.227 e. The minimum absolute atomic E-state index is 0.163. The molecule has 0 spiro atoms. The van der Waals surface area contributed by atoms with Crippen molar-refractivity contribution < 1.29 is 9.18 Å². The van der Waals surface area contributed by atoms with Crippen LogP contribution in [0, 0.1) is 17.2 Å². The van der Waals surface area contributed by atoms with Crippen LogP contribution in [0.5, 0.6) is 0 Å². The van der Waals surface area contributed by atoms with Gasteiger partial charge in [-0.25, -0.2) is 9.07 Å². The number of nitrogens with one attached hydrogen (secondary N) is 1. The Kier molecular flexibility index (Phi) is 3.72. The summed E-state index contributed by atoms with van der Waals surface area (Å²) in [5, 5.41) is 8.48. The second-order valence-electron chi connectivity index (χ2n) is 7.20. The number of hydrogen-bond acceptors (Lipinski definition) is 5. The van der Waals surface area contributed by atoms with Crippen molar-refractivity contribution in [1.82, 2.24) is 14.8 Å². The minimum atomic E-state index is -0.359. The molecule has 2 aliphatic rings. The maximum atomic E-state index is 13.4. The Bertz CT molecular complexity index is 872. The summed E-state index contributed by atoms with van der Waals surface area (Å²) in [4.78, 5) is 17.5. The first-order valence-electron chi connectivity index (χ1n) is 8.16. The van der Waals surface area contributed by atoms with Crippen molar-refractivity contribution in [2.24, 2.45) is 11.3 Å². The van der Waals surface area contributed by atoms with Gasteiger partial charge < -0.3 is 5.32 Å². The van der Waals surface area contributed by atoms with Gasteiger partial charge in [0.25, 0.3) is 0 Å². The lowest BCUT2D eigenvalue weighted by atomic mass is 9.72. The van der Waals surface area contributed by atoms with Crippen LogP contribution in [0.4, 0.5) is 10.3 Å². The molecule has 5 nitrogen and oxygen atoms in total. The molecular weight excluding hydrogens is 339 g/mol. The molecule has 0 amide bonds. The van der Waals surface area contributed by atoms with Gasteiger partial charge in [-0.15, -0.1) is 5.10 Å². The Labute approximate surface area is 149 Å². The number of nitrogens with zero attached hydrogens (tertiary/aromatic N) is 3. The second kappa shape index (κ2) is 5.69. The van der Waals surface area contributed by atoms with Gasteiger partial charge in [0.2, 0.25) is 11.1 Å². The van der Waals surface area contributed by atoms with Crippen LogP contribution in [-0.2, 0) is 4.79 Å². The average molecular weight is 358 g/mol. The van der Waals surface area contributed by atoms with E-state index in [4.69, 9.17) is 0 Å². The first-order valence-corrected chi connectivity index (χ1v) is 9.39. The van der Waals surface area contributed by atoms with Crippen LogP contribution < -0.4 is 5.32 Å². The van der Waals surface area contributed by atoms with Crippen molar-refractivity contribution in [2.45, 2.75) is 31.5 Å². The predicted molar refractivity (Wildman–Crippen MR) is 94.9 cm³/mol. The molecule has 2 heterocycles. The number of ketones is 1. The molecule has 0 saturated heterocycles. The molecule has 130 valence electrons. The number of rotatable bonds is 2. The van der Waals surface area contributed by atoms with Crippen LogP contribution in [0.25, 0.3) is 0 Å². The Morgan fingerprint density at radius 3 is 2.72 bits per heavy atom. The van der Waals surface area contributed by atoms with Crippen molar-refractivity contribution in [3.8, 4) is 0 Å². The van der Waals surface area contributed by atoms with E-state index in [9.17, 15) is 9.18 Å². The van der Waals surface area contributed by atoms with Crippen LogP contribution in [0.1, 0.15) is 31.9 Å². The standard InChI is InChI=1S/C18H19FN4OS/c1-18(2)8-12-14(13(24)9-18)15(10-4-6-11(19)7-5-10)23-16(20-12)21-17(22-23)25-3/h4-8,14-15H,9H2,1-3H3,(H,20,21,22)/t14-,15-/m1/s1. The molecule has 2 atom stereocenters. The zero-order valence-electron chi connectivity index (χ0n) is 14.3. The lowest BCUT2D eigenvalue weighted by Gasteiger charge is -2.40. The number of allylic oxidation sites excluding steroid dienone is 2. The molecule has 4 rings (SSSR count). The number of halogens is 1. The van der Waals surface area contributed by atoms with E-state index in [0.717, 1.165) is 11.3 Å². The highest BCUT2D eigenvalue weighted by Crippen LogP contribution is 2.45. The number of anilines is 1. The highest BCUT2D eigenvalue weighted by molar-refractivity contribution is 7.98. The molecule has 0 saturated carbocycles. The van der Waals surface area contributed by atoms with Gasteiger partial charge in [-0.3, -0.25) is 4.79 Å². The van der Waals surface area contributed by atoms with Crippen molar-refractivity contribution in [3.63, 3.8) is 0 Å². The van der Waals surface area contributed by atoms with Crippen LogP contribution in [0.2, 0.25) is 0 Å². The first kappa shape index (κ1) is 16.3. The predicted octanol–water partition coefficient (Wildman–Crippen LogP) is 3.65. The summed E-state index contributed by atoms with van der Waals surface area (Å²) in [6.07, 6.45) is 4.50. The van der Waals surface area contributed by atoms with Gasteiger partial charge in [-0.1, -0.05) is 43.8 Å². The molecule has 0 bridgehead atoms. The largest absolute Gasteiger partial charge is 0.328 e. The Morgan fingerprint density at radius 2 is 2.04 bits per heavy atom. The van der Waals surface area contributed by atoms with E-state index in [1.165, 1.54) is 23.9 Å². The fraction of sp³-hybridized carbons (Fsp3) is 0.389. The third-order valence-corrected chi connectivity index (χ3v) is 5.24. The Hall–Kier alpha value is -2.15. The van der Waals surface area contributed by atoms with Crippen LogP contribution in [0.3, 0.4) is 0 Å². The van der Waals surface area contributed by atoms with Crippen molar-refractivity contribution in [1.29, 1.82) is 0 Å². The SMILES string of the molecule is CSc1nc2n(n1)[C@H](c1ccc(F)cc1)[C@H]1C(=O)CC(C)(C)C=C1N2. The summed E-state index contributed by atoms with van der Waals surface area (Å²) in [6, 6.07) is 5.97. The molecule has 1 N–H and O–H groups in total. The van der Waals surface area contributed by atoms with Crippen molar-refractivity contribution in [3.05, 3.63) is 47.4 Å². The molecule has 1 aliphatic heterocycles. The van der Waals surface area contributed by atoms with Crippen molar-refractivity contribution >= 4 is 23.5 Å². The molecule has 0 radical (unpaired) electrons. The van der Waals surface area contributed by atoms with Crippen LogP contribution in [0.15, 0.2) is 41.2 Å². The third-order valence-electron chi connectivity index (χ3n) is 4.70. The van der Waals surface area contributed by atoms with E-state index < -0.39 is 0 Å². The third kappa shape index (κ3) is 2.76.